The Morgan fingerprint density at radius 2 is 1.74 bits per heavy atom. The van der Waals surface area contributed by atoms with Gasteiger partial charge in [0.25, 0.3) is 0 Å². The van der Waals surface area contributed by atoms with E-state index in [1.807, 2.05) is 7.05 Å². The third kappa shape index (κ3) is 6.67. The van der Waals surface area contributed by atoms with Crippen LogP contribution in [-0.2, 0) is 14.9 Å². The molecule has 0 spiro atoms. The lowest BCUT2D eigenvalue weighted by atomic mass is 9.72. The van der Waals surface area contributed by atoms with Gasteiger partial charge in [0.05, 0.1) is 13.2 Å². The number of morpholine rings is 1. The normalized spacial score (nSPS) is 21.1. The first-order valence-electron chi connectivity index (χ1n) is 11.9. The molecule has 0 aliphatic carbocycles. The zero-order valence-electron chi connectivity index (χ0n) is 20.0. The molecular weight excluding hydrogens is 388 g/mol. The number of hydrogen-bond donors (Lipinski definition) is 2. The van der Waals surface area contributed by atoms with Crippen molar-refractivity contribution in [3.8, 4) is 0 Å². The summed E-state index contributed by atoms with van der Waals surface area (Å²) in [5.74, 6) is 1.55. The van der Waals surface area contributed by atoms with Gasteiger partial charge in [-0.25, -0.2) is 0 Å². The van der Waals surface area contributed by atoms with Gasteiger partial charge in [0.1, 0.15) is 0 Å². The molecule has 2 fully saturated rings. The molecule has 0 saturated carbocycles. The van der Waals surface area contributed by atoms with E-state index >= 15 is 0 Å². The maximum absolute atomic E-state index is 5.71. The number of benzene rings is 1. The van der Waals surface area contributed by atoms with E-state index in [2.05, 4.69) is 65.6 Å². The summed E-state index contributed by atoms with van der Waals surface area (Å²) in [5, 5.41) is 7.28. The van der Waals surface area contributed by atoms with Crippen molar-refractivity contribution in [3.05, 3.63) is 35.4 Å². The Balaban J connectivity index is 1.63. The van der Waals surface area contributed by atoms with E-state index in [1.165, 1.54) is 17.5 Å². The number of nitrogens with zero attached hydrogens (tertiary/aromatic N) is 2. The summed E-state index contributed by atoms with van der Waals surface area (Å²) in [6, 6.07) is 9.29. The van der Waals surface area contributed by atoms with Crippen LogP contribution in [0.2, 0.25) is 0 Å². The highest BCUT2D eigenvalue weighted by atomic mass is 16.5. The van der Waals surface area contributed by atoms with Crippen LogP contribution in [0.5, 0.6) is 0 Å². The molecule has 6 heteroatoms. The second kappa shape index (κ2) is 11.8. The maximum atomic E-state index is 5.71. The molecule has 6 nitrogen and oxygen atoms in total. The molecule has 1 unspecified atom stereocenters. The van der Waals surface area contributed by atoms with E-state index in [1.54, 1.807) is 0 Å². The van der Waals surface area contributed by atoms with Crippen molar-refractivity contribution in [3.63, 3.8) is 0 Å². The zero-order valence-corrected chi connectivity index (χ0v) is 20.0. The minimum absolute atomic E-state index is 0.0861. The molecule has 174 valence electrons. The monoisotopic (exact) mass is 430 g/mol. The summed E-state index contributed by atoms with van der Waals surface area (Å²) in [7, 11) is 1.87. The molecule has 0 radical (unpaired) electrons. The molecule has 1 aromatic rings. The Morgan fingerprint density at radius 3 is 2.39 bits per heavy atom. The second-order valence-electron chi connectivity index (χ2n) is 9.45. The lowest BCUT2D eigenvalue weighted by Crippen LogP contribution is -2.53. The van der Waals surface area contributed by atoms with Crippen LogP contribution in [0.25, 0.3) is 0 Å². The molecule has 0 amide bonds. The largest absolute Gasteiger partial charge is 0.381 e. The molecule has 2 heterocycles. The third-order valence-electron chi connectivity index (χ3n) is 6.79. The van der Waals surface area contributed by atoms with E-state index in [9.17, 15) is 0 Å². The highest BCUT2D eigenvalue weighted by Gasteiger charge is 2.35. The van der Waals surface area contributed by atoms with E-state index in [-0.39, 0.29) is 5.41 Å². The lowest BCUT2D eigenvalue weighted by molar-refractivity contribution is 0.0132. The lowest BCUT2D eigenvalue weighted by Gasteiger charge is -2.39. The molecule has 2 aliphatic rings. The Morgan fingerprint density at radius 1 is 1.06 bits per heavy atom. The molecule has 2 saturated heterocycles. The number of guanidine groups is 1. The van der Waals surface area contributed by atoms with Gasteiger partial charge in [0, 0.05) is 57.9 Å². The van der Waals surface area contributed by atoms with Crippen LogP contribution in [0, 0.1) is 12.8 Å². The minimum Gasteiger partial charge on any atom is -0.381 e. The van der Waals surface area contributed by atoms with Gasteiger partial charge in [-0.05, 0) is 43.2 Å². The van der Waals surface area contributed by atoms with E-state index in [0.717, 1.165) is 71.4 Å². The van der Waals surface area contributed by atoms with Crippen molar-refractivity contribution in [2.45, 2.75) is 51.5 Å². The van der Waals surface area contributed by atoms with E-state index in [0.29, 0.717) is 12.0 Å². The van der Waals surface area contributed by atoms with Gasteiger partial charge < -0.3 is 20.1 Å². The highest BCUT2D eigenvalue weighted by molar-refractivity contribution is 5.79. The second-order valence-corrected chi connectivity index (χ2v) is 9.45. The van der Waals surface area contributed by atoms with Crippen LogP contribution in [0.4, 0.5) is 0 Å². The van der Waals surface area contributed by atoms with Gasteiger partial charge in [-0.3, -0.25) is 9.89 Å². The molecule has 3 rings (SSSR count). The van der Waals surface area contributed by atoms with Crippen molar-refractivity contribution in [2.24, 2.45) is 10.9 Å². The Kier molecular flexibility index (Phi) is 9.17. The van der Waals surface area contributed by atoms with Crippen LogP contribution in [0.15, 0.2) is 29.3 Å². The standard InChI is InChI=1S/C25H42N4O2/c1-20(2)17-22(29-11-15-31-16-12-29)18-27-24(26-4)28-19-25(9-13-30-14-10-25)23-8-6-5-7-21(23)3/h5-8,20,22H,9-19H2,1-4H3,(H2,26,27,28). The number of aliphatic imine (C=N–C) groups is 1. The van der Waals surface area contributed by atoms with Gasteiger partial charge in [-0.2, -0.15) is 0 Å². The van der Waals surface area contributed by atoms with E-state index in [4.69, 9.17) is 9.47 Å². The number of rotatable bonds is 8. The fourth-order valence-electron chi connectivity index (χ4n) is 5.01. The van der Waals surface area contributed by atoms with Crippen LogP contribution in [0.1, 0.15) is 44.2 Å². The predicted molar refractivity (Wildman–Crippen MR) is 128 cm³/mol. The summed E-state index contributed by atoms with van der Waals surface area (Å²) in [6.07, 6.45) is 3.24. The first-order chi connectivity index (χ1) is 15.0. The summed E-state index contributed by atoms with van der Waals surface area (Å²) < 4.78 is 11.3. The minimum atomic E-state index is 0.0861. The zero-order chi connectivity index (χ0) is 22.1. The van der Waals surface area contributed by atoms with Crippen LogP contribution >= 0.6 is 0 Å². The van der Waals surface area contributed by atoms with Crippen molar-refractivity contribution in [1.82, 2.24) is 15.5 Å². The molecule has 31 heavy (non-hydrogen) atoms. The third-order valence-corrected chi connectivity index (χ3v) is 6.79. The molecular formula is C25H42N4O2. The highest BCUT2D eigenvalue weighted by Crippen LogP contribution is 2.36. The fraction of sp³-hybridized carbons (Fsp3) is 0.720. The average molecular weight is 431 g/mol. The number of aryl methyl sites for hydroxylation is 1. The number of hydrogen-bond acceptors (Lipinski definition) is 4. The van der Waals surface area contributed by atoms with Gasteiger partial charge in [0.2, 0.25) is 0 Å². The Bertz CT molecular complexity index is 695. The van der Waals surface area contributed by atoms with Crippen LogP contribution in [-0.4, -0.2) is 76.6 Å². The first kappa shape index (κ1) is 24.0. The van der Waals surface area contributed by atoms with Crippen molar-refractivity contribution < 1.29 is 9.47 Å². The van der Waals surface area contributed by atoms with Gasteiger partial charge in [-0.15, -0.1) is 0 Å². The van der Waals surface area contributed by atoms with Crippen molar-refractivity contribution in [1.29, 1.82) is 0 Å². The van der Waals surface area contributed by atoms with Gasteiger partial charge in [0.15, 0.2) is 5.96 Å². The number of nitrogens with one attached hydrogen (secondary N) is 2. The van der Waals surface area contributed by atoms with Crippen molar-refractivity contribution in [2.75, 3.05) is 59.7 Å². The number of ether oxygens (including phenoxy) is 2. The molecule has 2 N–H and O–H groups in total. The van der Waals surface area contributed by atoms with Gasteiger partial charge >= 0.3 is 0 Å². The average Bonchev–Trinajstić information content (AvgIpc) is 2.79. The molecule has 1 atom stereocenters. The fourth-order valence-corrected chi connectivity index (χ4v) is 5.01. The summed E-state index contributed by atoms with van der Waals surface area (Å²) in [4.78, 5) is 7.10. The quantitative estimate of drug-likeness (QED) is 0.491. The maximum Gasteiger partial charge on any atom is 0.191 e. The Labute approximate surface area is 188 Å². The summed E-state index contributed by atoms with van der Waals surface area (Å²) in [5.41, 5.74) is 2.88. The molecule has 0 bridgehead atoms. The SMILES string of the molecule is CN=C(NCC(CC(C)C)N1CCOCC1)NCC1(c2ccccc2C)CCOCC1. The molecule has 1 aromatic carbocycles. The predicted octanol–water partition coefficient (Wildman–Crippen LogP) is 2.96. The van der Waals surface area contributed by atoms with E-state index < -0.39 is 0 Å². The first-order valence-corrected chi connectivity index (χ1v) is 11.9. The Hall–Kier alpha value is -1.63. The summed E-state index contributed by atoms with van der Waals surface area (Å²) in [6.45, 7) is 13.9. The van der Waals surface area contributed by atoms with Gasteiger partial charge in [-0.1, -0.05) is 38.1 Å². The molecule has 0 aromatic heterocycles. The summed E-state index contributed by atoms with van der Waals surface area (Å²) >= 11 is 0. The van der Waals surface area contributed by atoms with Crippen LogP contribution < -0.4 is 10.6 Å². The smallest absolute Gasteiger partial charge is 0.191 e. The van der Waals surface area contributed by atoms with Crippen LogP contribution in [0.3, 0.4) is 0 Å². The topological polar surface area (TPSA) is 58.1 Å². The molecule has 2 aliphatic heterocycles. The van der Waals surface area contributed by atoms with Crippen molar-refractivity contribution >= 4 is 5.96 Å².